The molecular formula is C12H12FN3O2. The van der Waals surface area contributed by atoms with Gasteiger partial charge in [-0.15, -0.1) is 0 Å². The first-order chi connectivity index (χ1) is 8.70. The molecule has 0 bridgehead atoms. The first-order valence-electron chi connectivity index (χ1n) is 5.56. The van der Waals surface area contributed by atoms with Gasteiger partial charge in [0.15, 0.2) is 11.6 Å². The van der Waals surface area contributed by atoms with Crippen molar-refractivity contribution in [3.8, 4) is 11.8 Å². The van der Waals surface area contributed by atoms with E-state index >= 15 is 0 Å². The lowest BCUT2D eigenvalue weighted by molar-refractivity contribution is 0.201. The first kappa shape index (κ1) is 12.2. The monoisotopic (exact) mass is 249 g/mol. The highest BCUT2D eigenvalue weighted by atomic mass is 19.1. The second-order valence-corrected chi connectivity index (χ2v) is 3.82. The van der Waals surface area contributed by atoms with Gasteiger partial charge in [-0.3, -0.25) is 0 Å². The van der Waals surface area contributed by atoms with E-state index in [1.807, 2.05) is 6.07 Å². The summed E-state index contributed by atoms with van der Waals surface area (Å²) in [6, 6.07) is 5.74. The van der Waals surface area contributed by atoms with E-state index in [1.54, 1.807) is 4.90 Å². The average molecular weight is 249 g/mol. The molecule has 0 saturated carbocycles. The molecule has 1 aliphatic heterocycles. The van der Waals surface area contributed by atoms with Gasteiger partial charge in [-0.25, -0.2) is 9.18 Å². The third-order valence-electron chi connectivity index (χ3n) is 2.62. The number of nitrogens with one attached hydrogen (secondary N) is 1. The van der Waals surface area contributed by atoms with Crippen LogP contribution in [0.4, 0.5) is 9.18 Å². The van der Waals surface area contributed by atoms with Gasteiger partial charge in [-0.1, -0.05) is 0 Å². The van der Waals surface area contributed by atoms with Gasteiger partial charge in [-0.05, 0) is 18.2 Å². The van der Waals surface area contributed by atoms with Crippen LogP contribution in [0.25, 0.3) is 0 Å². The van der Waals surface area contributed by atoms with Crippen LogP contribution in [0, 0.1) is 17.1 Å². The number of nitrogens with zero attached hydrogens (tertiary/aromatic N) is 2. The third kappa shape index (κ3) is 2.69. The topological polar surface area (TPSA) is 65.4 Å². The summed E-state index contributed by atoms with van der Waals surface area (Å²) in [6.07, 6.45) is 0. The van der Waals surface area contributed by atoms with Crippen molar-refractivity contribution in [3.63, 3.8) is 0 Å². The molecule has 0 unspecified atom stereocenters. The smallest absolute Gasteiger partial charge is 0.317 e. The van der Waals surface area contributed by atoms with Gasteiger partial charge in [0, 0.05) is 13.1 Å². The van der Waals surface area contributed by atoms with Crippen LogP contribution < -0.4 is 10.1 Å². The third-order valence-corrected chi connectivity index (χ3v) is 2.62. The molecule has 1 fully saturated rings. The van der Waals surface area contributed by atoms with Gasteiger partial charge in [0.1, 0.15) is 6.61 Å². The number of rotatable bonds is 4. The first-order valence-corrected chi connectivity index (χ1v) is 5.56. The van der Waals surface area contributed by atoms with Gasteiger partial charge in [0.25, 0.3) is 0 Å². The molecule has 1 aliphatic rings. The van der Waals surface area contributed by atoms with Crippen LogP contribution in [0.15, 0.2) is 18.2 Å². The zero-order chi connectivity index (χ0) is 13.0. The second-order valence-electron chi connectivity index (χ2n) is 3.82. The summed E-state index contributed by atoms with van der Waals surface area (Å²) in [6.45, 7) is 1.89. The van der Waals surface area contributed by atoms with E-state index in [2.05, 4.69) is 5.32 Å². The molecule has 0 aliphatic carbocycles. The summed E-state index contributed by atoms with van der Waals surface area (Å²) >= 11 is 0. The summed E-state index contributed by atoms with van der Waals surface area (Å²) in [4.78, 5) is 12.8. The molecule has 1 saturated heterocycles. The fourth-order valence-corrected chi connectivity index (χ4v) is 1.68. The van der Waals surface area contributed by atoms with Gasteiger partial charge < -0.3 is 15.0 Å². The summed E-state index contributed by atoms with van der Waals surface area (Å²) in [7, 11) is 0. The van der Waals surface area contributed by atoms with Crippen molar-refractivity contribution in [1.29, 1.82) is 5.26 Å². The number of amides is 2. The van der Waals surface area contributed by atoms with Crippen molar-refractivity contribution in [2.45, 2.75) is 0 Å². The quantitative estimate of drug-likeness (QED) is 0.869. The summed E-state index contributed by atoms with van der Waals surface area (Å²) < 4.78 is 18.7. The molecule has 1 aromatic carbocycles. The van der Waals surface area contributed by atoms with E-state index in [4.69, 9.17) is 10.00 Å². The van der Waals surface area contributed by atoms with Crippen LogP contribution in [0.3, 0.4) is 0 Å². The molecule has 94 valence electrons. The largest absolute Gasteiger partial charge is 0.489 e. The molecule has 0 spiro atoms. The van der Waals surface area contributed by atoms with Crippen molar-refractivity contribution in [2.75, 3.05) is 26.2 Å². The number of halogens is 1. The maximum Gasteiger partial charge on any atom is 0.317 e. The van der Waals surface area contributed by atoms with E-state index in [9.17, 15) is 9.18 Å². The van der Waals surface area contributed by atoms with Crippen LogP contribution in [-0.2, 0) is 0 Å². The van der Waals surface area contributed by atoms with Crippen molar-refractivity contribution < 1.29 is 13.9 Å². The Bertz CT molecular complexity index is 499. The van der Waals surface area contributed by atoms with Crippen molar-refractivity contribution in [1.82, 2.24) is 10.2 Å². The maximum absolute atomic E-state index is 13.4. The van der Waals surface area contributed by atoms with Crippen LogP contribution in [0.5, 0.6) is 5.75 Å². The number of nitriles is 1. The molecular weight excluding hydrogens is 237 g/mol. The minimum atomic E-state index is -0.570. The van der Waals surface area contributed by atoms with Crippen molar-refractivity contribution in [3.05, 3.63) is 29.6 Å². The predicted octanol–water partition coefficient (Wildman–Crippen LogP) is 1.10. The zero-order valence-corrected chi connectivity index (χ0v) is 9.65. The van der Waals surface area contributed by atoms with Gasteiger partial charge in [-0.2, -0.15) is 5.26 Å². The Morgan fingerprint density at radius 1 is 1.56 bits per heavy atom. The lowest BCUT2D eigenvalue weighted by Gasteiger charge is -2.14. The minimum Gasteiger partial charge on any atom is -0.489 e. The fraction of sp³-hybridized carbons (Fsp3) is 0.333. The molecule has 1 heterocycles. The molecule has 2 amide bonds. The van der Waals surface area contributed by atoms with Crippen molar-refractivity contribution >= 4 is 6.03 Å². The normalized spacial score (nSPS) is 14.2. The van der Waals surface area contributed by atoms with Gasteiger partial charge in [0.05, 0.1) is 18.2 Å². The molecule has 1 aromatic rings. The lowest BCUT2D eigenvalue weighted by Crippen LogP contribution is -2.31. The Morgan fingerprint density at radius 3 is 3.00 bits per heavy atom. The molecule has 0 atom stereocenters. The Balaban J connectivity index is 1.87. The second kappa shape index (κ2) is 5.36. The Hall–Kier alpha value is -2.29. The van der Waals surface area contributed by atoms with Crippen LogP contribution in [0.1, 0.15) is 5.56 Å². The number of ether oxygens (including phenoxy) is 1. The van der Waals surface area contributed by atoms with E-state index in [0.29, 0.717) is 19.6 Å². The molecule has 1 N–H and O–H groups in total. The van der Waals surface area contributed by atoms with Crippen LogP contribution in [0.2, 0.25) is 0 Å². The van der Waals surface area contributed by atoms with E-state index in [0.717, 1.165) is 6.07 Å². The number of carbonyl (C=O) groups excluding carboxylic acids is 1. The molecule has 18 heavy (non-hydrogen) atoms. The summed E-state index contributed by atoms with van der Waals surface area (Å²) in [5.74, 6) is -0.478. The van der Waals surface area contributed by atoms with Crippen LogP contribution >= 0.6 is 0 Å². The van der Waals surface area contributed by atoms with E-state index < -0.39 is 5.82 Å². The van der Waals surface area contributed by atoms with E-state index in [1.165, 1.54) is 12.1 Å². The number of carbonyl (C=O) groups is 1. The molecule has 6 heteroatoms. The SMILES string of the molecule is N#Cc1ccc(OCCN2CCNC2=O)c(F)c1. The van der Waals surface area contributed by atoms with Crippen molar-refractivity contribution in [2.24, 2.45) is 0 Å². The summed E-state index contributed by atoms with van der Waals surface area (Å²) in [5, 5.41) is 11.3. The molecule has 2 rings (SSSR count). The Morgan fingerprint density at radius 2 is 2.39 bits per heavy atom. The lowest BCUT2D eigenvalue weighted by atomic mass is 10.2. The Kier molecular flexibility index (Phi) is 3.63. The predicted molar refractivity (Wildman–Crippen MR) is 61.6 cm³/mol. The highest BCUT2D eigenvalue weighted by Crippen LogP contribution is 2.17. The van der Waals surface area contributed by atoms with Gasteiger partial charge >= 0.3 is 6.03 Å². The highest BCUT2D eigenvalue weighted by molar-refractivity contribution is 5.76. The maximum atomic E-state index is 13.4. The van der Waals surface area contributed by atoms with E-state index in [-0.39, 0.29) is 24.0 Å². The highest BCUT2D eigenvalue weighted by Gasteiger charge is 2.18. The standard InChI is InChI=1S/C12H12FN3O2/c13-10-7-9(8-14)1-2-11(10)18-6-5-16-4-3-15-12(16)17/h1-2,7H,3-6H2,(H,15,17). The number of hydrogen-bond acceptors (Lipinski definition) is 3. The minimum absolute atomic E-state index is 0.0913. The van der Waals surface area contributed by atoms with Gasteiger partial charge in [0.2, 0.25) is 0 Å². The molecule has 5 nitrogen and oxygen atoms in total. The fourth-order valence-electron chi connectivity index (χ4n) is 1.68. The molecule has 0 aromatic heterocycles. The zero-order valence-electron chi connectivity index (χ0n) is 9.65. The number of urea groups is 1. The Labute approximate surface area is 104 Å². The average Bonchev–Trinajstić information content (AvgIpc) is 2.77. The van der Waals surface area contributed by atoms with Crippen LogP contribution in [-0.4, -0.2) is 37.2 Å². The number of benzene rings is 1. The summed E-state index contributed by atoms with van der Waals surface area (Å²) in [5.41, 5.74) is 0.249. The molecule has 0 radical (unpaired) electrons. The number of hydrogen-bond donors (Lipinski definition) is 1.